The lowest BCUT2D eigenvalue weighted by molar-refractivity contribution is -0.143. The van der Waals surface area contributed by atoms with Crippen LogP contribution >= 0.6 is 0 Å². The van der Waals surface area contributed by atoms with Gasteiger partial charge in [0, 0.05) is 12.6 Å². The molecule has 1 aliphatic rings. The Morgan fingerprint density at radius 2 is 1.90 bits per heavy atom. The Morgan fingerprint density at radius 3 is 2.50 bits per heavy atom. The van der Waals surface area contributed by atoms with Crippen LogP contribution < -0.4 is 16.0 Å². The fourth-order valence-electron chi connectivity index (χ4n) is 2.40. The molecule has 0 heterocycles. The van der Waals surface area contributed by atoms with Crippen LogP contribution in [0.25, 0.3) is 0 Å². The molecule has 0 radical (unpaired) electrons. The lowest BCUT2D eigenvalue weighted by Crippen LogP contribution is -2.53. The van der Waals surface area contributed by atoms with Gasteiger partial charge in [0.2, 0.25) is 5.91 Å². The summed E-state index contributed by atoms with van der Waals surface area (Å²) in [5.74, 6) is -1.69. The summed E-state index contributed by atoms with van der Waals surface area (Å²) >= 11 is 0. The quantitative estimate of drug-likeness (QED) is 0.588. The van der Waals surface area contributed by atoms with Gasteiger partial charge in [0.25, 0.3) is 0 Å². The van der Waals surface area contributed by atoms with Gasteiger partial charge in [-0.3, -0.25) is 9.59 Å². The first-order chi connectivity index (χ1) is 9.45. The highest BCUT2D eigenvalue weighted by Gasteiger charge is 2.32. The number of amides is 3. The van der Waals surface area contributed by atoms with E-state index in [1.807, 2.05) is 0 Å². The van der Waals surface area contributed by atoms with E-state index in [0.717, 1.165) is 12.8 Å². The molecule has 1 rings (SSSR count). The summed E-state index contributed by atoms with van der Waals surface area (Å²) in [6.45, 7) is 3.88. The van der Waals surface area contributed by atoms with Gasteiger partial charge in [0.15, 0.2) is 0 Å². The van der Waals surface area contributed by atoms with Crippen molar-refractivity contribution in [3.63, 3.8) is 0 Å². The van der Waals surface area contributed by atoms with Crippen LogP contribution in [-0.4, -0.2) is 41.6 Å². The van der Waals surface area contributed by atoms with Gasteiger partial charge in [-0.1, -0.05) is 12.8 Å². The smallest absolute Gasteiger partial charge is 0.315 e. The molecule has 3 unspecified atom stereocenters. The number of nitrogens with one attached hydrogen (secondary N) is 3. The third kappa shape index (κ3) is 4.71. The number of rotatable bonds is 5. The van der Waals surface area contributed by atoms with E-state index < -0.39 is 24.0 Å². The van der Waals surface area contributed by atoms with E-state index in [1.54, 1.807) is 13.8 Å². The zero-order chi connectivity index (χ0) is 15.1. The van der Waals surface area contributed by atoms with Crippen LogP contribution in [0.4, 0.5) is 4.79 Å². The molecule has 0 saturated heterocycles. The summed E-state index contributed by atoms with van der Waals surface area (Å²) in [5, 5.41) is 16.9. The average molecular weight is 285 g/mol. The number of aliphatic carboxylic acids is 1. The molecular weight excluding hydrogens is 262 g/mol. The minimum Gasteiger partial charge on any atom is -0.481 e. The molecule has 0 aromatic heterocycles. The number of urea groups is 1. The SMILES string of the molecule is CCNC(=O)C(C)NC(=O)NC1CCCCC1C(=O)O. The molecule has 0 aromatic rings. The van der Waals surface area contributed by atoms with Crippen molar-refractivity contribution in [3.05, 3.63) is 0 Å². The third-order valence-corrected chi connectivity index (χ3v) is 3.49. The van der Waals surface area contributed by atoms with E-state index in [-0.39, 0.29) is 11.9 Å². The van der Waals surface area contributed by atoms with Crippen molar-refractivity contribution in [2.24, 2.45) is 5.92 Å². The first-order valence-corrected chi connectivity index (χ1v) is 7.03. The Morgan fingerprint density at radius 1 is 1.25 bits per heavy atom. The molecule has 1 aliphatic carbocycles. The molecule has 7 nitrogen and oxygen atoms in total. The summed E-state index contributed by atoms with van der Waals surface area (Å²) in [6.07, 6.45) is 3.00. The summed E-state index contributed by atoms with van der Waals surface area (Å²) in [7, 11) is 0. The molecule has 0 aromatic carbocycles. The van der Waals surface area contributed by atoms with Gasteiger partial charge in [-0.2, -0.15) is 0 Å². The first kappa shape index (κ1) is 16.3. The van der Waals surface area contributed by atoms with Crippen LogP contribution in [0.3, 0.4) is 0 Å². The fourth-order valence-corrected chi connectivity index (χ4v) is 2.40. The zero-order valence-corrected chi connectivity index (χ0v) is 11.9. The Bertz CT molecular complexity index is 373. The van der Waals surface area contributed by atoms with Gasteiger partial charge in [0.05, 0.1) is 5.92 Å². The highest BCUT2D eigenvalue weighted by Crippen LogP contribution is 2.24. The zero-order valence-electron chi connectivity index (χ0n) is 11.9. The largest absolute Gasteiger partial charge is 0.481 e. The van der Waals surface area contributed by atoms with E-state index in [4.69, 9.17) is 5.11 Å². The van der Waals surface area contributed by atoms with Gasteiger partial charge < -0.3 is 21.1 Å². The van der Waals surface area contributed by atoms with Crippen LogP contribution in [-0.2, 0) is 9.59 Å². The Labute approximate surface area is 118 Å². The molecule has 3 atom stereocenters. The van der Waals surface area contributed by atoms with Crippen molar-refractivity contribution in [2.75, 3.05) is 6.54 Å². The minimum absolute atomic E-state index is 0.263. The van der Waals surface area contributed by atoms with Gasteiger partial charge in [-0.25, -0.2) is 4.79 Å². The molecular formula is C13H23N3O4. The van der Waals surface area contributed by atoms with Crippen molar-refractivity contribution >= 4 is 17.9 Å². The highest BCUT2D eigenvalue weighted by molar-refractivity contribution is 5.86. The molecule has 1 fully saturated rings. The van der Waals surface area contributed by atoms with Crippen molar-refractivity contribution in [1.82, 2.24) is 16.0 Å². The Hall–Kier alpha value is -1.79. The van der Waals surface area contributed by atoms with E-state index in [0.29, 0.717) is 19.4 Å². The van der Waals surface area contributed by atoms with Crippen LogP contribution in [0.5, 0.6) is 0 Å². The van der Waals surface area contributed by atoms with E-state index in [1.165, 1.54) is 0 Å². The van der Waals surface area contributed by atoms with Crippen LogP contribution in [0.15, 0.2) is 0 Å². The summed E-state index contributed by atoms with van der Waals surface area (Å²) in [6, 6.07) is -1.52. The number of likely N-dealkylation sites (N-methyl/N-ethyl adjacent to an activating group) is 1. The monoisotopic (exact) mass is 285 g/mol. The standard InChI is InChI=1S/C13H23N3O4/c1-3-14-11(17)8(2)15-13(20)16-10-7-5-4-6-9(10)12(18)19/h8-10H,3-7H2,1-2H3,(H,14,17)(H,18,19)(H2,15,16,20). The summed E-state index contributed by atoms with van der Waals surface area (Å²) in [4.78, 5) is 34.4. The van der Waals surface area contributed by atoms with Gasteiger partial charge >= 0.3 is 12.0 Å². The first-order valence-electron chi connectivity index (χ1n) is 7.03. The lowest BCUT2D eigenvalue weighted by atomic mass is 9.84. The molecule has 1 saturated carbocycles. The Balaban J connectivity index is 2.48. The second-order valence-corrected chi connectivity index (χ2v) is 5.07. The predicted octanol–water partition coefficient (Wildman–Crippen LogP) is 0.454. The number of carbonyl (C=O) groups is 3. The fraction of sp³-hybridized carbons (Fsp3) is 0.769. The van der Waals surface area contributed by atoms with Crippen LogP contribution in [0.2, 0.25) is 0 Å². The lowest BCUT2D eigenvalue weighted by Gasteiger charge is -2.29. The van der Waals surface area contributed by atoms with Gasteiger partial charge in [-0.05, 0) is 26.7 Å². The normalized spacial score (nSPS) is 23.5. The maximum atomic E-state index is 11.8. The van der Waals surface area contributed by atoms with Crippen molar-refractivity contribution < 1.29 is 19.5 Å². The highest BCUT2D eigenvalue weighted by atomic mass is 16.4. The second-order valence-electron chi connectivity index (χ2n) is 5.07. The molecule has 7 heteroatoms. The Kier molecular flexibility index (Phi) is 6.27. The number of carbonyl (C=O) groups excluding carboxylic acids is 2. The second kappa shape index (κ2) is 7.72. The molecule has 4 N–H and O–H groups in total. The maximum absolute atomic E-state index is 11.8. The molecule has 20 heavy (non-hydrogen) atoms. The molecule has 0 spiro atoms. The van der Waals surface area contributed by atoms with Crippen LogP contribution in [0.1, 0.15) is 39.5 Å². The van der Waals surface area contributed by atoms with Crippen molar-refractivity contribution in [1.29, 1.82) is 0 Å². The molecule has 0 bridgehead atoms. The molecule has 0 aliphatic heterocycles. The molecule has 3 amide bonds. The topological polar surface area (TPSA) is 108 Å². The number of carboxylic acid groups (broad SMARTS) is 1. The van der Waals surface area contributed by atoms with Gasteiger partial charge in [0.1, 0.15) is 6.04 Å². The summed E-state index contributed by atoms with van der Waals surface area (Å²) < 4.78 is 0. The predicted molar refractivity (Wildman–Crippen MR) is 73.2 cm³/mol. The number of carboxylic acids is 1. The van der Waals surface area contributed by atoms with Gasteiger partial charge in [-0.15, -0.1) is 0 Å². The van der Waals surface area contributed by atoms with E-state index in [9.17, 15) is 14.4 Å². The average Bonchev–Trinajstić information content (AvgIpc) is 2.39. The molecule has 114 valence electrons. The number of hydrogen-bond acceptors (Lipinski definition) is 3. The maximum Gasteiger partial charge on any atom is 0.315 e. The number of hydrogen-bond donors (Lipinski definition) is 4. The van der Waals surface area contributed by atoms with Crippen LogP contribution in [0, 0.1) is 5.92 Å². The summed E-state index contributed by atoms with van der Waals surface area (Å²) in [5.41, 5.74) is 0. The van der Waals surface area contributed by atoms with Crippen molar-refractivity contribution in [3.8, 4) is 0 Å². The third-order valence-electron chi connectivity index (χ3n) is 3.49. The van der Waals surface area contributed by atoms with E-state index >= 15 is 0 Å². The van der Waals surface area contributed by atoms with Crippen molar-refractivity contribution in [2.45, 2.75) is 51.6 Å². The van der Waals surface area contributed by atoms with E-state index in [2.05, 4.69) is 16.0 Å². The minimum atomic E-state index is -0.883.